The Morgan fingerprint density at radius 1 is 0.667 bits per heavy atom. The van der Waals surface area contributed by atoms with Crippen molar-refractivity contribution in [1.29, 1.82) is 0 Å². The summed E-state index contributed by atoms with van der Waals surface area (Å²) in [5, 5.41) is 0.290. The Kier molecular flexibility index (Phi) is 4.73. The molecule has 2 aliphatic rings. The second-order valence-corrected chi connectivity index (χ2v) is 13.2. The van der Waals surface area contributed by atoms with Crippen LogP contribution in [0.15, 0.2) is 0 Å². The summed E-state index contributed by atoms with van der Waals surface area (Å²) >= 11 is 0. The van der Waals surface area contributed by atoms with Crippen LogP contribution in [0.5, 0.6) is 0 Å². The quantitative estimate of drug-likeness (QED) is 0.743. The molecule has 0 aromatic rings. The van der Waals surface area contributed by atoms with Crippen LogP contribution < -0.4 is 0 Å². The average Bonchev–Trinajstić information content (AvgIpc) is 2.40. The topological polar surface area (TPSA) is 18.5 Å². The fourth-order valence-corrected chi connectivity index (χ4v) is 11.1. The third-order valence-corrected chi connectivity index (χ3v) is 11.1. The predicted molar refractivity (Wildman–Crippen MR) is 82.8 cm³/mol. The minimum atomic E-state index is -0.897. The van der Waals surface area contributed by atoms with E-state index in [1.54, 1.807) is 0 Å². The maximum absolute atomic E-state index is 6.50. The minimum Gasteiger partial charge on any atom is -0.376 e. The summed E-state index contributed by atoms with van der Waals surface area (Å²) in [6.07, 6.45) is 7.72. The lowest BCUT2D eigenvalue weighted by Crippen LogP contribution is -2.71. The standard InChI is InChI=1S/C14H30O2Si2/c1-17(2)13(9-5-7-11-15-13)14(18(3)4)10-6-8-12-16-14/h17-18H,5-12H2,1-4H3. The van der Waals surface area contributed by atoms with Crippen LogP contribution in [0, 0.1) is 0 Å². The normalized spacial score (nSPS) is 38.3. The van der Waals surface area contributed by atoms with Gasteiger partial charge in [0, 0.05) is 13.2 Å². The summed E-state index contributed by atoms with van der Waals surface area (Å²) in [4.78, 5) is 0. The summed E-state index contributed by atoms with van der Waals surface area (Å²) in [6.45, 7) is 11.8. The van der Waals surface area contributed by atoms with Crippen molar-refractivity contribution in [2.75, 3.05) is 13.2 Å². The summed E-state index contributed by atoms with van der Waals surface area (Å²) < 4.78 is 13.0. The highest BCUT2D eigenvalue weighted by atomic mass is 28.3. The molecule has 106 valence electrons. The van der Waals surface area contributed by atoms with Crippen LogP contribution in [-0.4, -0.2) is 41.3 Å². The van der Waals surface area contributed by atoms with Crippen molar-refractivity contribution in [3.8, 4) is 0 Å². The van der Waals surface area contributed by atoms with Crippen molar-refractivity contribution in [3.05, 3.63) is 0 Å². The highest BCUT2D eigenvalue weighted by molar-refractivity contribution is 6.67. The van der Waals surface area contributed by atoms with Crippen LogP contribution >= 0.6 is 0 Å². The predicted octanol–water partition coefficient (Wildman–Crippen LogP) is 2.92. The van der Waals surface area contributed by atoms with Crippen molar-refractivity contribution in [1.82, 2.24) is 0 Å². The van der Waals surface area contributed by atoms with Crippen LogP contribution in [0.3, 0.4) is 0 Å². The second kappa shape index (κ2) is 5.77. The third-order valence-electron chi connectivity index (χ3n) is 5.19. The van der Waals surface area contributed by atoms with Gasteiger partial charge in [-0.15, -0.1) is 0 Å². The molecule has 2 fully saturated rings. The molecule has 0 spiro atoms. The van der Waals surface area contributed by atoms with Crippen LogP contribution in [-0.2, 0) is 9.47 Å². The molecular formula is C14H30O2Si2. The Labute approximate surface area is 116 Å². The molecule has 2 saturated heterocycles. The molecule has 0 amide bonds. The molecule has 2 atom stereocenters. The van der Waals surface area contributed by atoms with E-state index in [0.717, 1.165) is 13.2 Å². The molecular weight excluding hydrogens is 256 g/mol. The molecule has 0 N–H and O–H groups in total. The molecule has 2 aliphatic heterocycles. The Morgan fingerprint density at radius 3 is 1.28 bits per heavy atom. The summed E-state index contributed by atoms with van der Waals surface area (Å²) in [5.74, 6) is 0. The Hall–Kier alpha value is 0.354. The van der Waals surface area contributed by atoms with Crippen LogP contribution in [0.1, 0.15) is 38.5 Å². The first-order chi connectivity index (χ1) is 8.55. The summed E-state index contributed by atoms with van der Waals surface area (Å²) in [6, 6.07) is 0. The maximum atomic E-state index is 6.50. The lowest BCUT2D eigenvalue weighted by Gasteiger charge is -2.57. The van der Waals surface area contributed by atoms with Crippen molar-refractivity contribution in [2.45, 2.75) is 75.2 Å². The number of hydrogen-bond acceptors (Lipinski definition) is 2. The molecule has 0 radical (unpaired) electrons. The molecule has 0 saturated carbocycles. The zero-order chi connectivity index (χ0) is 13.2. The minimum absolute atomic E-state index is 0.145. The zero-order valence-electron chi connectivity index (χ0n) is 12.6. The van der Waals surface area contributed by atoms with Crippen LogP contribution in [0.25, 0.3) is 0 Å². The van der Waals surface area contributed by atoms with Gasteiger partial charge < -0.3 is 9.47 Å². The van der Waals surface area contributed by atoms with Crippen LogP contribution in [0.2, 0.25) is 26.2 Å². The van der Waals surface area contributed by atoms with E-state index < -0.39 is 17.6 Å². The zero-order valence-corrected chi connectivity index (χ0v) is 14.9. The van der Waals surface area contributed by atoms with Gasteiger partial charge in [-0.3, -0.25) is 0 Å². The van der Waals surface area contributed by atoms with Gasteiger partial charge in [0.1, 0.15) is 0 Å². The van der Waals surface area contributed by atoms with Crippen molar-refractivity contribution >= 4 is 17.6 Å². The van der Waals surface area contributed by atoms with Gasteiger partial charge in [-0.05, 0) is 38.5 Å². The third kappa shape index (κ3) is 2.25. The SMILES string of the molecule is C[SiH](C)C1(C2([SiH](C)C)CCCCO2)CCCCO1. The van der Waals surface area contributed by atoms with Crippen molar-refractivity contribution in [3.63, 3.8) is 0 Å². The fourth-order valence-electron chi connectivity index (χ4n) is 4.19. The van der Waals surface area contributed by atoms with Gasteiger partial charge >= 0.3 is 0 Å². The van der Waals surface area contributed by atoms with Gasteiger partial charge in [0.2, 0.25) is 0 Å². The first-order valence-electron chi connectivity index (χ1n) is 7.83. The smallest absolute Gasteiger partial charge is 0.0797 e. The highest BCUT2D eigenvalue weighted by Gasteiger charge is 2.58. The van der Waals surface area contributed by atoms with Gasteiger partial charge in [-0.2, -0.15) is 0 Å². The molecule has 0 aliphatic carbocycles. The molecule has 0 aromatic heterocycles. The lowest BCUT2D eigenvalue weighted by molar-refractivity contribution is -0.164. The van der Waals surface area contributed by atoms with Gasteiger partial charge in [0.05, 0.1) is 28.0 Å². The molecule has 2 unspecified atom stereocenters. The second-order valence-electron chi connectivity index (χ2n) is 6.70. The van der Waals surface area contributed by atoms with E-state index in [-0.39, 0.29) is 10.4 Å². The first-order valence-corrected chi connectivity index (χ1v) is 13.6. The summed E-state index contributed by atoms with van der Waals surface area (Å²) in [5.41, 5.74) is 0. The van der Waals surface area contributed by atoms with Gasteiger partial charge in [0.25, 0.3) is 0 Å². The van der Waals surface area contributed by atoms with E-state index in [1.165, 1.54) is 38.5 Å². The lowest BCUT2D eigenvalue weighted by atomic mass is 9.96. The highest BCUT2D eigenvalue weighted by Crippen LogP contribution is 2.46. The van der Waals surface area contributed by atoms with Crippen molar-refractivity contribution < 1.29 is 9.47 Å². The molecule has 0 bridgehead atoms. The molecule has 2 rings (SSSR count). The van der Waals surface area contributed by atoms with Gasteiger partial charge in [-0.25, -0.2) is 0 Å². The van der Waals surface area contributed by atoms with E-state index in [1.807, 2.05) is 0 Å². The molecule has 0 aromatic carbocycles. The Morgan fingerprint density at radius 2 is 1.06 bits per heavy atom. The summed E-state index contributed by atoms with van der Waals surface area (Å²) in [7, 11) is -1.79. The largest absolute Gasteiger partial charge is 0.376 e. The van der Waals surface area contributed by atoms with E-state index in [0.29, 0.717) is 0 Å². The number of rotatable bonds is 3. The molecule has 2 heterocycles. The fraction of sp³-hybridized carbons (Fsp3) is 1.00. The van der Waals surface area contributed by atoms with Crippen LogP contribution in [0.4, 0.5) is 0 Å². The van der Waals surface area contributed by atoms with E-state index >= 15 is 0 Å². The van der Waals surface area contributed by atoms with Crippen molar-refractivity contribution in [2.24, 2.45) is 0 Å². The Bertz CT molecular complexity index is 239. The van der Waals surface area contributed by atoms with E-state index in [4.69, 9.17) is 9.47 Å². The van der Waals surface area contributed by atoms with E-state index in [9.17, 15) is 0 Å². The average molecular weight is 287 g/mol. The monoisotopic (exact) mass is 286 g/mol. The maximum Gasteiger partial charge on any atom is 0.0797 e. The van der Waals surface area contributed by atoms with Gasteiger partial charge in [0.15, 0.2) is 0 Å². The van der Waals surface area contributed by atoms with E-state index in [2.05, 4.69) is 26.2 Å². The molecule has 18 heavy (non-hydrogen) atoms. The molecule has 4 heteroatoms. The number of ether oxygens (including phenoxy) is 2. The number of hydrogen-bond donors (Lipinski definition) is 0. The van der Waals surface area contributed by atoms with Gasteiger partial charge in [-0.1, -0.05) is 26.2 Å². The molecule has 2 nitrogen and oxygen atoms in total. The Balaban J connectivity index is 2.36. The first kappa shape index (κ1) is 14.8.